The van der Waals surface area contributed by atoms with Gasteiger partial charge in [-0.1, -0.05) is 56.2 Å². The number of rotatable bonds is 11. The molecule has 124 valence electrons. The van der Waals surface area contributed by atoms with E-state index in [0.29, 0.717) is 0 Å². The molecule has 0 heterocycles. The van der Waals surface area contributed by atoms with Crippen molar-refractivity contribution in [1.82, 2.24) is 9.03 Å². The maximum atomic E-state index is 11.8. The first-order valence-electron chi connectivity index (χ1n) is 5.77. The monoisotopic (exact) mass is 468 g/mol. The van der Waals surface area contributed by atoms with Crippen molar-refractivity contribution in [3.8, 4) is 0 Å². The van der Waals surface area contributed by atoms with Gasteiger partial charge in [0, 0.05) is 19.6 Å². The number of halogens is 2. The Morgan fingerprint density at radius 3 is 2.00 bits per heavy atom. The summed E-state index contributed by atoms with van der Waals surface area (Å²) in [6.07, 6.45) is 6.09. The first kappa shape index (κ1) is 21.2. The lowest BCUT2D eigenvalue weighted by molar-refractivity contribution is 0.342. The molecule has 11 heteroatoms. The first-order chi connectivity index (χ1) is 9.79. The average Bonchev–Trinajstić information content (AvgIpc) is 2.45. The van der Waals surface area contributed by atoms with Crippen LogP contribution >= 0.6 is 31.9 Å². The van der Waals surface area contributed by atoms with Gasteiger partial charge in [-0.25, -0.2) is 21.6 Å². The Morgan fingerprint density at radius 2 is 1.52 bits per heavy atom. The van der Waals surface area contributed by atoms with Gasteiger partial charge < -0.3 is 5.11 Å². The zero-order valence-electron chi connectivity index (χ0n) is 11.2. The molecule has 0 atom stereocenters. The summed E-state index contributed by atoms with van der Waals surface area (Å²) in [5, 5.41) is 8.64. The summed E-state index contributed by atoms with van der Waals surface area (Å²) in [5.74, 6) is 0. The Labute approximate surface area is 142 Å². The average molecular weight is 470 g/mol. The number of sulfonamides is 2. The van der Waals surface area contributed by atoms with Crippen LogP contribution in [0.25, 0.3) is 0 Å². The molecule has 0 aliphatic carbocycles. The van der Waals surface area contributed by atoms with Crippen LogP contribution in [0.1, 0.15) is 0 Å². The molecule has 21 heavy (non-hydrogen) atoms. The standard InChI is InChI=1S/C10H18Br2N2O5S2/c11-9-20(16,17)13-5-1-2-6-14(7-3-4-8-15)21(18,19)10-12/h1-4,13,15H,5-10H2/b2-1-,4-3-. The molecule has 0 spiro atoms. The Hall–Kier alpha value is 0.220. The molecule has 7 nitrogen and oxygen atoms in total. The second-order valence-electron chi connectivity index (χ2n) is 3.74. The van der Waals surface area contributed by atoms with Gasteiger partial charge in [0.25, 0.3) is 0 Å². The predicted octanol–water partition coefficient (Wildman–Crippen LogP) is 0.347. The van der Waals surface area contributed by atoms with Crippen LogP contribution in [0.2, 0.25) is 0 Å². The van der Waals surface area contributed by atoms with Gasteiger partial charge in [0.2, 0.25) is 20.0 Å². The van der Waals surface area contributed by atoms with Gasteiger partial charge in [-0.2, -0.15) is 4.31 Å². The molecule has 0 amide bonds. The van der Waals surface area contributed by atoms with Gasteiger partial charge in [-0.15, -0.1) is 0 Å². The molecular weight excluding hydrogens is 452 g/mol. The minimum atomic E-state index is -3.44. The van der Waals surface area contributed by atoms with Crippen molar-refractivity contribution in [2.45, 2.75) is 0 Å². The first-order valence-corrected chi connectivity index (χ1v) is 11.3. The fraction of sp³-hybridized carbons (Fsp3) is 0.600. The molecule has 0 aromatic carbocycles. The van der Waals surface area contributed by atoms with Crippen LogP contribution in [0.3, 0.4) is 0 Å². The van der Waals surface area contributed by atoms with E-state index in [-0.39, 0.29) is 35.6 Å². The summed E-state index contributed by atoms with van der Waals surface area (Å²) in [7, 11) is -6.78. The van der Waals surface area contributed by atoms with Crippen molar-refractivity contribution in [2.24, 2.45) is 0 Å². The zero-order chi connectivity index (χ0) is 16.4. The second kappa shape index (κ2) is 10.9. The van der Waals surface area contributed by atoms with E-state index in [0.717, 1.165) is 0 Å². The van der Waals surface area contributed by atoms with E-state index in [9.17, 15) is 16.8 Å². The molecule has 0 saturated heterocycles. The minimum Gasteiger partial charge on any atom is -0.392 e. The number of hydrogen-bond donors (Lipinski definition) is 2. The molecule has 0 aromatic heterocycles. The lowest BCUT2D eigenvalue weighted by Gasteiger charge is -2.17. The smallest absolute Gasteiger partial charge is 0.224 e. The Morgan fingerprint density at radius 1 is 0.952 bits per heavy atom. The summed E-state index contributed by atoms with van der Waals surface area (Å²) >= 11 is 5.75. The third kappa shape index (κ3) is 9.76. The quantitative estimate of drug-likeness (QED) is 0.335. The lowest BCUT2D eigenvalue weighted by Crippen LogP contribution is -2.32. The number of nitrogens with zero attached hydrogens (tertiary/aromatic N) is 1. The summed E-state index contributed by atoms with van der Waals surface area (Å²) < 4.78 is 49.0. The minimum absolute atomic E-state index is 0.0859. The molecule has 0 unspecified atom stereocenters. The van der Waals surface area contributed by atoms with Crippen molar-refractivity contribution < 1.29 is 21.9 Å². The van der Waals surface area contributed by atoms with Crippen LogP contribution in [0.15, 0.2) is 24.3 Å². The van der Waals surface area contributed by atoms with Gasteiger partial charge in [0.05, 0.1) is 6.61 Å². The molecule has 0 aromatic rings. The molecule has 0 aliphatic heterocycles. The van der Waals surface area contributed by atoms with Gasteiger partial charge in [-0.05, 0) is 0 Å². The summed E-state index contributed by atoms with van der Waals surface area (Å²) in [4.78, 5) is 0. The number of nitrogens with one attached hydrogen (secondary N) is 1. The zero-order valence-corrected chi connectivity index (χ0v) is 16.0. The van der Waals surface area contributed by atoms with Crippen molar-refractivity contribution in [3.63, 3.8) is 0 Å². The molecule has 0 radical (unpaired) electrons. The Bertz CT molecular complexity index is 546. The van der Waals surface area contributed by atoms with E-state index < -0.39 is 20.0 Å². The second-order valence-corrected chi connectivity index (χ2v) is 10.1. The van der Waals surface area contributed by atoms with E-state index in [1.165, 1.54) is 16.5 Å². The highest BCUT2D eigenvalue weighted by Gasteiger charge is 2.17. The van der Waals surface area contributed by atoms with Gasteiger partial charge in [0.15, 0.2) is 0 Å². The number of aliphatic hydroxyl groups excluding tert-OH is 1. The number of alkyl halides is 2. The van der Waals surface area contributed by atoms with E-state index in [4.69, 9.17) is 5.11 Å². The Balaban J connectivity index is 4.52. The highest BCUT2D eigenvalue weighted by Crippen LogP contribution is 2.05. The predicted molar refractivity (Wildman–Crippen MR) is 90.4 cm³/mol. The van der Waals surface area contributed by atoms with E-state index >= 15 is 0 Å². The van der Waals surface area contributed by atoms with Gasteiger partial charge in [0.1, 0.15) is 9.32 Å². The van der Waals surface area contributed by atoms with Gasteiger partial charge >= 0.3 is 0 Å². The van der Waals surface area contributed by atoms with E-state index in [1.54, 1.807) is 12.2 Å². The number of hydrogen-bond acceptors (Lipinski definition) is 5. The molecule has 2 N–H and O–H groups in total. The van der Waals surface area contributed by atoms with Crippen LogP contribution in [0.4, 0.5) is 0 Å². The van der Waals surface area contributed by atoms with Crippen LogP contribution in [0.5, 0.6) is 0 Å². The summed E-state index contributed by atoms with van der Waals surface area (Å²) in [6.45, 7) is 0.167. The molecule has 0 saturated carbocycles. The SMILES string of the molecule is O=S(=O)(CBr)NC/C=C\CN(C/C=C\CO)S(=O)(=O)CBr. The van der Waals surface area contributed by atoms with Crippen molar-refractivity contribution in [2.75, 3.05) is 35.6 Å². The maximum absolute atomic E-state index is 11.8. The van der Waals surface area contributed by atoms with Crippen molar-refractivity contribution in [1.29, 1.82) is 0 Å². The van der Waals surface area contributed by atoms with Crippen molar-refractivity contribution in [3.05, 3.63) is 24.3 Å². The molecule has 0 aliphatic rings. The molecule has 0 bridgehead atoms. The summed E-state index contributed by atoms with van der Waals surface area (Å²) in [6, 6.07) is 0. The topological polar surface area (TPSA) is 104 Å². The third-order valence-electron chi connectivity index (χ3n) is 2.15. The fourth-order valence-electron chi connectivity index (χ4n) is 1.13. The molecular formula is C10H18Br2N2O5S2. The highest BCUT2D eigenvalue weighted by atomic mass is 79.9. The van der Waals surface area contributed by atoms with Crippen LogP contribution in [0, 0.1) is 0 Å². The van der Waals surface area contributed by atoms with Crippen LogP contribution in [-0.4, -0.2) is 61.8 Å². The molecule has 0 rings (SSSR count). The van der Waals surface area contributed by atoms with E-state index in [1.807, 2.05) is 0 Å². The summed E-state index contributed by atoms with van der Waals surface area (Å²) in [5.41, 5.74) is 0. The maximum Gasteiger partial charge on any atom is 0.224 e. The lowest BCUT2D eigenvalue weighted by atomic mass is 10.4. The van der Waals surface area contributed by atoms with Gasteiger partial charge in [-0.3, -0.25) is 0 Å². The number of aliphatic hydroxyl groups is 1. The third-order valence-corrected chi connectivity index (χ3v) is 7.95. The normalized spacial score (nSPS) is 13.7. The Kier molecular flexibility index (Phi) is 11.0. The van der Waals surface area contributed by atoms with Crippen molar-refractivity contribution >= 4 is 51.9 Å². The highest BCUT2D eigenvalue weighted by molar-refractivity contribution is 9.11. The van der Waals surface area contributed by atoms with E-state index in [2.05, 4.69) is 36.6 Å². The largest absolute Gasteiger partial charge is 0.392 e. The fourth-order valence-corrected chi connectivity index (χ4v) is 3.67. The van der Waals surface area contributed by atoms with Crippen LogP contribution in [-0.2, 0) is 20.0 Å². The molecule has 0 fully saturated rings. The van der Waals surface area contributed by atoms with Crippen LogP contribution < -0.4 is 4.72 Å².